The van der Waals surface area contributed by atoms with E-state index >= 15 is 0 Å². The first-order chi connectivity index (χ1) is 12.2. The number of carbonyl (C=O) groups is 1. The lowest BCUT2D eigenvalue weighted by atomic mass is 10.2. The summed E-state index contributed by atoms with van der Waals surface area (Å²) in [5.74, 6) is -0.0811. The number of thiophene rings is 1. The standard InChI is InChI=1S/C19H15N3OS2/c1-12-22-15-5-4-14(10-18(15)25-12)19(23)21-11-13-6-7-20-16(9-13)17-3-2-8-24-17/h2-10H,11H2,1H3,(H,21,23). The highest BCUT2D eigenvalue weighted by Gasteiger charge is 2.09. The van der Waals surface area contributed by atoms with Gasteiger partial charge in [0.15, 0.2) is 0 Å². The lowest BCUT2D eigenvalue weighted by molar-refractivity contribution is 0.0951. The van der Waals surface area contributed by atoms with Crippen molar-refractivity contribution in [2.45, 2.75) is 13.5 Å². The number of nitrogens with one attached hydrogen (secondary N) is 1. The van der Waals surface area contributed by atoms with Crippen LogP contribution in [0.25, 0.3) is 20.8 Å². The summed E-state index contributed by atoms with van der Waals surface area (Å²) >= 11 is 3.25. The van der Waals surface area contributed by atoms with Crippen LogP contribution in [0.3, 0.4) is 0 Å². The van der Waals surface area contributed by atoms with E-state index in [1.54, 1.807) is 28.9 Å². The van der Waals surface area contributed by atoms with Crippen LogP contribution in [0, 0.1) is 6.92 Å². The predicted octanol–water partition coefficient (Wildman–Crippen LogP) is 4.66. The molecule has 1 N–H and O–H groups in total. The molecule has 0 aliphatic carbocycles. The summed E-state index contributed by atoms with van der Waals surface area (Å²) in [6.45, 7) is 2.44. The fourth-order valence-corrected chi connectivity index (χ4v) is 4.17. The van der Waals surface area contributed by atoms with Crippen LogP contribution in [-0.2, 0) is 6.54 Å². The maximum atomic E-state index is 12.4. The van der Waals surface area contributed by atoms with Crippen LogP contribution in [0.5, 0.6) is 0 Å². The average Bonchev–Trinajstić information content (AvgIpc) is 3.27. The topological polar surface area (TPSA) is 54.9 Å². The molecule has 0 unspecified atom stereocenters. The Morgan fingerprint density at radius 3 is 2.96 bits per heavy atom. The number of rotatable bonds is 4. The Bertz CT molecular complexity index is 1040. The highest BCUT2D eigenvalue weighted by atomic mass is 32.1. The molecular formula is C19H15N3OS2. The number of aryl methyl sites for hydroxylation is 1. The third-order valence-corrected chi connectivity index (χ3v) is 5.63. The first-order valence-electron chi connectivity index (χ1n) is 7.83. The van der Waals surface area contributed by atoms with Gasteiger partial charge in [0.2, 0.25) is 0 Å². The normalized spacial score (nSPS) is 10.9. The van der Waals surface area contributed by atoms with E-state index in [-0.39, 0.29) is 5.91 Å². The number of hydrogen-bond donors (Lipinski definition) is 1. The highest BCUT2D eigenvalue weighted by molar-refractivity contribution is 7.18. The summed E-state index contributed by atoms with van der Waals surface area (Å²) in [4.78, 5) is 22.4. The second-order valence-corrected chi connectivity index (χ2v) is 7.81. The molecule has 0 saturated heterocycles. The summed E-state index contributed by atoms with van der Waals surface area (Å²) in [6, 6.07) is 13.6. The van der Waals surface area contributed by atoms with E-state index in [1.807, 2.05) is 54.8 Å². The van der Waals surface area contributed by atoms with Gasteiger partial charge >= 0.3 is 0 Å². The van der Waals surface area contributed by atoms with E-state index in [0.29, 0.717) is 12.1 Å². The predicted molar refractivity (Wildman–Crippen MR) is 103 cm³/mol. The minimum Gasteiger partial charge on any atom is -0.348 e. The number of carbonyl (C=O) groups excluding carboxylic acids is 1. The van der Waals surface area contributed by atoms with Crippen molar-refractivity contribution in [3.63, 3.8) is 0 Å². The zero-order chi connectivity index (χ0) is 17.2. The Kier molecular flexibility index (Phi) is 4.29. The smallest absolute Gasteiger partial charge is 0.251 e. The van der Waals surface area contributed by atoms with Crippen molar-refractivity contribution in [1.82, 2.24) is 15.3 Å². The van der Waals surface area contributed by atoms with Crippen LogP contribution in [0.1, 0.15) is 20.9 Å². The van der Waals surface area contributed by atoms with Crippen molar-refractivity contribution in [2.24, 2.45) is 0 Å². The van der Waals surface area contributed by atoms with Crippen molar-refractivity contribution >= 4 is 38.8 Å². The third-order valence-electron chi connectivity index (χ3n) is 3.81. The summed E-state index contributed by atoms with van der Waals surface area (Å²) in [6.07, 6.45) is 1.78. The van der Waals surface area contributed by atoms with Crippen LogP contribution in [0.2, 0.25) is 0 Å². The van der Waals surface area contributed by atoms with E-state index in [9.17, 15) is 4.79 Å². The summed E-state index contributed by atoms with van der Waals surface area (Å²) in [5, 5.41) is 6.02. The van der Waals surface area contributed by atoms with Crippen molar-refractivity contribution in [2.75, 3.05) is 0 Å². The highest BCUT2D eigenvalue weighted by Crippen LogP contribution is 2.24. The molecule has 124 valence electrons. The zero-order valence-electron chi connectivity index (χ0n) is 13.5. The van der Waals surface area contributed by atoms with Gasteiger partial charge < -0.3 is 5.32 Å². The van der Waals surface area contributed by atoms with Crippen molar-refractivity contribution in [3.05, 3.63) is 70.2 Å². The van der Waals surface area contributed by atoms with E-state index in [2.05, 4.69) is 15.3 Å². The third kappa shape index (κ3) is 3.45. The Morgan fingerprint density at radius 2 is 2.12 bits per heavy atom. The molecule has 0 bridgehead atoms. The Balaban J connectivity index is 1.48. The van der Waals surface area contributed by atoms with Gasteiger partial charge in [0.25, 0.3) is 5.91 Å². The summed E-state index contributed by atoms with van der Waals surface area (Å²) in [5.41, 5.74) is 3.56. The number of pyridine rings is 1. The number of fused-ring (bicyclic) bond motifs is 1. The molecule has 3 heterocycles. The van der Waals surface area contributed by atoms with E-state index < -0.39 is 0 Å². The molecule has 0 aliphatic rings. The number of thiazole rings is 1. The van der Waals surface area contributed by atoms with Gasteiger partial charge in [-0.1, -0.05) is 6.07 Å². The fraction of sp³-hybridized carbons (Fsp3) is 0.105. The molecule has 0 atom stereocenters. The number of hydrogen-bond acceptors (Lipinski definition) is 5. The maximum Gasteiger partial charge on any atom is 0.251 e. The zero-order valence-corrected chi connectivity index (χ0v) is 15.2. The first-order valence-corrected chi connectivity index (χ1v) is 9.53. The van der Waals surface area contributed by atoms with Gasteiger partial charge in [-0.3, -0.25) is 9.78 Å². The van der Waals surface area contributed by atoms with Gasteiger partial charge in [-0.2, -0.15) is 0 Å². The van der Waals surface area contributed by atoms with Gasteiger partial charge in [-0.05, 0) is 54.3 Å². The van der Waals surface area contributed by atoms with Crippen LogP contribution in [-0.4, -0.2) is 15.9 Å². The molecule has 3 aromatic heterocycles. The molecule has 1 amide bonds. The van der Waals surface area contributed by atoms with Crippen molar-refractivity contribution in [1.29, 1.82) is 0 Å². The van der Waals surface area contributed by atoms with Gasteiger partial charge in [0.05, 0.1) is 25.8 Å². The molecule has 0 radical (unpaired) electrons. The largest absolute Gasteiger partial charge is 0.348 e. The van der Waals surface area contributed by atoms with Crippen LogP contribution in [0.15, 0.2) is 54.0 Å². The van der Waals surface area contributed by atoms with E-state index in [4.69, 9.17) is 0 Å². The monoisotopic (exact) mass is 365 g/mol. The minimum absolute atomic E-state index is 0.0811. The van der Waals surface area contributed by atoms with Gasteiger partial charge in [-0.15, -0.1) is 22.7 Å². The average molecular weight is 365 g/mol. The molecule has 0 spiro atoms. The SMILES string of the molecule is Cc1nc2ccc(C(=O)NCc3ccnc(-c4cccs4)c3)cc2s1. The number of amides is 1. The number of benzene rings is 1. The lowest BCUT2D eigenvalue weighted by Gasteiger charge is -2.06. The van der Waals surface area contributed by atoms with Gasteiger partial charge in [0, 0.05) is 18.3 Å². The quantitative estimate of drug-likeness (QED) is 0.572. The van der Waals surface area contributed by atoms with Crippen LogP contribution >= 0.6 is 22.7 Å². The van der Waals surface area contributed by atoms with Crippen LogP contribution < -0.4 is 5.32 Å². The molecule has 25 heavy (non-hydrogen) atoms. The fourth-order valence-electron chi connectivity index (χ4n) is 2.61. The first kappa shape index (κ1) is 15.9. The minimum atomic E-state index is -0.0811. The molecule has 0 saturated carbocycles. The van der Waals surface area contributed by atoms with Crippen molar-refractivity contribution < 1.29 is 4.79 Å². The maximum absolute atomic E-state index is 12.4. The summed E-state index contributed by atoms with van der Waals surface area (Å²) in [7, 11) is 0. The Hall–Kier alpha value is -2.57. The van der Waals surface area contributed by atoms with Crippen molar-refractivity contribution in [3.8, 4) is 10.6 Å². The molecule has 4 nitrogen and oxygen atoms in total. The van der Waals surface area contributed by atoms with E-state index in [0.717, 1.165) is 31.4 Å². The molecular weight excluding hydrogens is 350 g/mol. The number of nitrogens with zero attached hydrogens (tertiary/aromatic N) is 2. The van der Waals surface area contributed by atoms with Crippen LogP contribution in [0.4, 0.5) is 0 Å². The molecule has 1 aromatic carbocycles. The van der Waals surface area contributed by atoms with Gasteiger partial charge in [-0.25, -0.2) is 4.98 Å². The molecule has 0 aliphatic heterocycles. The summed E-state index contributed by atoms with van der Waals surface area (Å²) < 4.78 is 1.04. The molecule has 4 rings (SSSR count). The molecule has 6 heteroatoms. The second-order valence-electron chi connectivity index (χ2n) is 5.62. The Morgan fingerprint density at radius 1 is 1.20 bits per heavy atom. The van der Waals surface area contributed by atoms with Gasteiger partial charge in [0.1, 0.15) is 0 Å². The second kappa shape index (κ2) is 6.74. The lowest BCUT2D eigenvalue weighted by Crippen LogP contribution is -2.22. The van der Waals surface area contributed by atoms with E-state index in [1.165, 1.54) is 0 Å². The number of aromatic nitrogens is 2. The Labute approximate surface area is 153 Å². The molecule has 0 fully saturated rings. The molecule has 4 aromatic rings.